The highest BCUT2D eigenvalue weighted by Crippen LogP contribution is 2.30. The molecule has 0 spiro atoms. The molecule has 7 heteroatoms. The van der Waals surface area contributed by atoms with Crippen LogP contribution in [0.5, 0.6) is 5.75 Å². The zero-order valence-corrected chi connectivity index (χ0v) is 12.7. The maximum Gasteiger partial charge on any atom is 0.308 e. The molecule has 0 bridgehead atoms. The number of carboxylic acids is 1. The summed E-state index contributed by atoms with van der Waals surface area (Å²) in [5, 5.41) is 11.8. The number of carboxylic acid groups (broad SMARTS) is 1. The van der Waals surface area contributed by atoms with E-state index in [4.69, 9.17) is 4.74 Å². The molecule has 23 heavy (non-hydrogen) atoms. The molecule has 0 aliphatic carbocycles. The van der Waals surface area contributed by atoms with Gasteiger partial charge in [-0.2, -0.15) is 0 Å². The van der Waals surface area contributed by atoms with Gasteiger partial charge in [0.1, 0.15) is 5.75 Å². The topological polar surface area (TPSA) is 95.9 Å². The lowest BCUT2D eigenvalue weighted by Crippen LogP contribution is -2.47. The minimum absolute atomic E-state index is 0.00486. The van der Waals surface area contributed by atoms with E-state index in [1.807, 2.05) is 6.92 Å². The Morgan fingerprint density at radius 3 is 2.87 bits per heavy atom. The van der Waals surface area contributed by atoms with E-state index in [2.05, 4.69) is 5.32 Å². The number of likely N-dealkylation sites (tertiary alicyclic amines) is 1. The second kappa shape index (κ2) is 5.91. The predicted molar refractivity (Wildman–Crippen MR) is 81.4 cm³/mol. The molecule has 0 radical (unpaired) electrons. The number of fused-ring (bicyclic) bond motifs is 1. The molecule has 2 heterocycles. The van der Waals surface area contributed by atoms with Gasteiger partial charge in [0.2, 0.25) is 0 Å². The zero-order chi connectivity index (χ0) is 16.6. The number of aliphatic carboxylic acids is 1. The number of nitrogens with zero attached hydrogens (tertiary/aromatic N) is 1. The molecule has 2 amide bonds. The number of benzene rings is 1. The van der Waals surface area contributed by atoms with E-state index >= 15 is 0 Å². The number of carbonyl (C=O) groups excluding carboxylic acids is 2. The molecule has 1 aromatic carbocycles. The molecule has 3 rings (SSSR count). The van der Waals surface area contributed by atoms with Gasteiger partial charge >= 0.3 is 5.97 Å². The van der Waals surface area contributed by atoms with Gasteiger partial charge in [-0.1, -0.05) is 0 Å². The van der Waals surface area contributed by atoms with Crippen molar-refractivity contribution in [3.63, 3.8) is 0 Å². The lowest BCUT2D eigenvalue weighted by Gasteiger charge is -2.36. The largest absolute Gasteiger partial charge is 0.482 e. The third kappa shape index (κ3) is 2.99. The first-order valence-corrected chi connectivity index (χ1v) is 7.56. The van der Waals surface area contributed by atoms with Crippen LogP contribution >= 0.6 is 0 Å². The van der Waals surface area contributed by atoms with Crippen LogP contribution in [0, 0.1) is 5.92 Å². The van der Waals surface area contributed by atoms with Crippen LogP contribution in [0.25, 0.3) is 0 Å². The summed E-state index contributed by atoms with van der Waals surface area (Å²) in [6, 6.07) is 4.83. The second-order valence-corrected chi connectivity index (χ2v) is 5.97. The number of nitrogens with one attached hydrogen (secondary N) is 1. The molecule has 2 N–H and O–H groups in total. The first-order valence-electron chi connectivity index (χ1n) is 7.56. The number of ether oxygens (including phenoxy) is 1. The summed E-state index contributed by atoms with van der Waals surface area (Å²) in [6.45, 7) is 2.06. The molecule has 2 aliphatic rings. The number of piperidine rings is 1. The van der Waals surface area contributed by atoms with Crippen LogP contribution in [0.4, 0.5) is 5.69 Å². The quantitative estimate of drug-likeness (QED) is 0.858. The summed E-state index contributed by atoms with van der Waals surface area (Å²) in [6.07, 6.45) is 1.25. The van der Waals surface area contributed by atoms with Crippen molar-refractivity contribution in [2.75, 3.05) is 18.5 Å². The fraction of sp³-hybridized carbons (Fsp3) is 0.438. The number of hydrogen-bond donors (Lipinski definition) is 2. The normalized spacial score (nSPS) is 23.5. The molecular weight excluding hydrogens is 300 g/mol. The molecule has 1 aromatic rings. The lowest BCUT2D eigenvalue weighted by molar-refractivity contribution is -0.143. The van der Waals surface area contributed by atoms with Crippen molar-refractivity contribution >= 4 is 23.5 Å². The van der Waals surface area contributed by atoms with Gasteiger partial charge in [0.15, 0.2) is 6.61 Å². The van der Waals surface area contributed by atoms with Crippen LogP contribution in [0.15, 0.2) is 18.2 Å². The summed E-state index contributed by atoms with van der Waals surface area (Å²) in [4.78, 5) is 36.8. The SMILES string of the molecule is CC1CCC(C(=O)O)CN1C(=O)c1ccc2c(c1)OCC(=O)N2. The molecule has 2 unspecified atom stereocenters. The molecule has 7 nitrogen and oxygen atoms in total. The molecule has 0 saturated carbocycles. The zero-order valence-electron chi connectivity index (χ0n) is 12.7. The van der Waals surface area contributed by atoms with Crippen LogP contribution in [0.2, 0.25) is 0 Å². The van der Waals surface area contributed by atoms with Gasteiger partial charge in [0, 0.05) is 18.2 Å². The smallest absolute Gasteiger partial charge is 0.308 e. The third-order valence-electron chi connectivity index (χ3n) is 4.35. The molecule has 122 valence electrons. The van der Waals surface area contributed by atoms with Crippen molar-refractivity contribution in [3.8, 4) is 5.75 Å². The van der Waals surface area contributed by atoms with Gasteiger partial charge in [-0.15, -0.1) is 0 Å². The minimum atomic E-state index is -0.869. The van der Waals surface area contributed by atoms with Crippen LogP contribution in [0.1, 0.15) is 30.1 Å². The second-order valence-electron chi connectivity index (χ2n) is 5.97. The maximum atomic E-state index is 12.7. The fourth-order valence-electron chi connectivity index (χ4n) is 2.96. The fourth-order valence-corrected chi connectivity index (χ4v) is 2.96. The molecule has 1 saturated heterocycles. The van der Waals surface area contributed by atoms with E-state index in [-0.39, 0.29) is 31.0 Å². The highest BCUT2D eigenvalue weighted by atomic mass is 16.5. The number of rotatable bonds is 2. The van der Waals surface area contributed by atoms with E-state index in [1.54, 1.807) is 23.1 Å². The van der Waals surface area contributed by atoms with Crippen molar-refractivity contribution in [2.24, 2.45) is 5.92 Å². The Morgan fingerprint density at radius 1 is 1.35 bits per heavy atom. The van der Waals surface area contributed by atoms with Gasteiger partial charge in [-0.05, 0) is 38.0 Å². The number of hydrogen-bond acceptors (Lipinski definition) is 4. The predicted octanol–water partition coefficient (Wildman–Crippen LogP) is 1.34. The van der Waals surface area contributed by atoms with Gasteiger partial charge in [-0.25, -0.2) is 0 Å². The average molecular weight is 318 g/mol. The van der Waals surface area contributed by atoms with Crippen molar-refractivity contribution in [2.45, 2.75) is 25.8 Å². The van der Waals surface area contributed by atoms with E-state index in [0.29, 0.717) is 29.8 Å². The van der Waals surface area contributed by atoms with Crippen LogP contribution in [-0.4, -0.2) is 47.0 Å². The Bertz CT molecular complexity index is 672. The van der Waals surface area contributed by atoms with Crippen LogP contribution in [0.3, 0.4) is 0 Å². The summed E-state index contributed by atoms with van der Waals surface area (Å²) >= 11 is 0. The molecular formula is C16H18N2O5. The minimum Gasteiger partial charge on any atom is -0.482 e. The van der Waals surface area contributed by atoms with E-state index < -0.39 is 11.9 Å². The third-order valence-corrected chi connectivity index (χ3v) is 4.35. The Morgan fingerprint density at radius 2 is 2.13 bits per heavy atom. The monoisotopic (exact) mass is 318 g/mol. The summed E-state index contributed by atoms with van der Waals surface area (Å²) in [5.74, 6) is -1.39. The van der Waals surface area contributed by atoms with E-state index in [1.165, 1.54) is 0 Å². The maximum absolute atomic E-state index is 12.7. The molecule has 2 atom stereocenters. The summed E-state index contributed by atoms with van der Waals surface area (Å²) in [7, 11) is 0. The van der Waals surface area contributed by atoms with Gasteiger partial charge < -0.3 is 20.1 Å². The van der Waals surface area contributed by atoms with Crippen molar-refractivity contribution in [3.05, 3.63) is 23.8 Å². The van der Waals surface area contributed by atoms with Crippen molar-refractivity contribution < 1.29 is 24.2 Å². The van der Waals surface area contributed by atoms with Crippen molar-refractivity contribution in [1.82, 2.24) is 4.90 Å². The first-order chi connectivity index (χ1) is 11.0. The Kier molecular flexibility index (Phi) is 3.94. The number of anilines is 1. The molecule has 1 fully saturated rings. The Hall–Kier alpha value is -2.57. The highest BCUT2D eigenvalue weighted by molar-refractivity contribution is 5.99. The first kappa shape index (κ1) is 15.3. The van der Waals surface area contributed by atoms with Gasteiger partial charge in [0.05, 0.1) is 11.6 Å². The van der Waals surface area contributed by atoms with Gasteiger partial charge in [0.25, 0.3) is 11.8 Å². The average Bonchev–Trinajstić information content (AvgIpc) is 2.54. The van der Waals surface area contributed by atoms with Crippen LogP contribution in [-0.2, 0) is 9.59 Å². The van der Waals surface area contributed by atoms with Crippen molar-refractivity contribution in [1.29, 1.82) is 0 Å². The number of carbonyl (C=O) groups is 3. The standard InChI is InChI=1S/C16H18N2O5/c1-9-2-3-11(16(21)22)7-18(9)15(20)10-4-5-12-13(6-10)23-8-14(19)17-12/h4-6,9,11H,2-3,7-8H2,1H3,(H,17,19)(H,21,22). The molecule has 2 aliphatic heterocycles. The van der Waals surface area contributed by atoms with E-state index in [0.717, 1.165) is 0 Å². The Balaban J connectivity index is 1.82. The highest BCUT2D eigenvalue weighted by Gasteiger charge is 2.33. The lowest BCUT2D eigenvalue weighted by atomic mass is 9.93. The Labute approximate surface area is 133 Å². The van der Waals surface area contributed by atoms with Gasteiger partial charge in [-0.3, -0.25) is 14.4 Å². The van der Waals surface area contributed by atoms with Crippen LogP contribution < -0.4 is 10.1 Å². The summed E-state index contributed by atoms with van der Waals surface area (Å²) in [5.41, 5.74) is 0.964. The number of amides is 2. The van der Waals surface area contributed by atoms with E-state index in [9.17, 15) is 19.5 Å². The molecule has 0 aromatic heterocycles. The summed E-state index contributed by atoms with van der Waals surface area (Å²) < 4.78 is 5.32.